The fraction of sp³-hybridized carbons (Fsp3) is 0. The van der Waals surface area contributed by atoms with Gasteiger partial charge in [-0.2, -0.15) is 0 Å². The van der Waals surface area contributed by atoms with E-state index in [1.54, 1.807) is 0 Å². The number of hydrogen-bond acceptors (Lipinski definition) is 3. The average Bonchev–Trinajstić information content (AvgIpc) is 3.83. The molecule has 0 unspecified atom stereocenters. The predicted molar refractivity (Wildman–Crippen MR) is 229 cm³/mol. The quantitative estimate of drug-likeness (QED) is 0.173. The molecule has 0 aliphatic rings. The van der Waals surface area contributed by atoms with Gasteiger partial charge < -0.3 is 13.7 Å². The van der Waals surface area contributed by atoms with Crippen molar-refractivity contribution in [2.45, 2.75) is 0 Å². The summed E-state index contributed by atoms with van der Waals surface area (Å²) in [6.07, 6.45) is 0. The van der Waals surface area contributed by atoms with Crippen molar-refractivity contribution >= 4 is 71.7 Å². The highest BCUT2D eigenvalue weighted by Crippen LogP contribution is 2.43. The molecule has 0 aliphatic carbocycles. The molecule has 2 heterocycles. The Labute approximate surface area is 317 Å². The summed E-state index contributed by atoms with van der Waals surface area (Å²) in [7, 11) is 0. The van der Waals surface area contributed by atoms with E-state index >= 15 is 0 Å². The van der Waals surface area contributed by atoms with Crippen molar-refractivity contribution in [2.75, 3.05) is 4.90 Å². The van der Waals surface area contributed by atoms with E-state index in [0.717, 1.165) is 88.6 Å². The fourth-order valence-corrected chi connectivity index (χ4v) is 8.20. The Morgan fingerprint density at radius 3 is 1.73 bits per heavy atom. The Bertz CT molecular complexity index is 3190. The van der Waals surface area contributed by atoms with E-state index in [1.165, 1.54) is 16.5 Å². The number of nitrogens with zero attached hydrogens (tertiary/aromatic N) is 1. The second-order valence-corrected chi connectivity index (χ2v) is 14.1. The first-order chi connectivity index (χ1) is 27.2. The van der Waals surface area contributed by atoms with Gasteiger partial charge >= 0.3 is 0 Å². The molecule has 9 aromatic carbocycles. The maximum atomic E-state index is 6.56. The van der Waals surface area contributed by atoms with Crippen molar-refractivity contribution in [3.05, 3.63) is 200 Å². The molecule has 0 aliphatic heterocycles. The highest BCUT2D eigenvalue weighted by molar-refractivity contribution is 6.19. The van der Waals surface area contributed by atoms with Crippen LogP contribution < -0.4 is 4.90 Å². The predicted octanol–water partition coefficient (Wildman–Crippen LogP) is 15.1. The van der Waals surface area contributed by atoms with Crippen molar-refractivity contribution in [2.24, 2.45) is 0 Å². The summed E-state index contributed by atoms with van der Waals surface area (Å²) < 4.78 is 12.8. The van der Waals surface area contributed by atoms with Crippen LogP contribution in [0.15, 0.2) is 209 Å². The number of anilines is 3. The third-order valence-electron chi connectivity index (χ3n) is 10.9. The summed E-state index contributed by atoms with van der Waals surface area (Å²) in [5, 5.41) is 6.83. The van der Waals surface area contributed by atoms with Gasteiger partial charge in [0.1, 0.15) is 22.3 Å². The lowest BCUT2D eigenvalue weighted by Gasteiger charge is -2.26. The molecule has 0 bridgehead atoms. The van der Waals surface area contributed by atoms with E-state index < -0.39 is 0 Å². The van der Waals surface area contributed by atoms with Crippen LogP contribution in [0, 0.1) is 0 Å². The molecular formula is C52H33NO2. The molecule has 0 amide bonds. The lowest BCUT2D eigenvalue weighted by Crippen LogP contribution is -2.10. The van der Waals surface area contributed by atoms with E-state index in [-0.39, 0.29) is 0 Å². The number of fused-ring (bicyclic) bond motifs is 8. The Balaban J connectivity index is 1.03. The second-order valence-electron chi connectivity index (χ2n) is 14.1. The van der Waals surface area contributed by atoms with Gasteiger partial charge in [-0.05, 0) is 105 Å². The first-order valence-corrected chi connectivity index (χ1v) is 18.7. The Morgan fingerprint density at radius 1 is 0.309 bits per heavy atom. The van der Waals surface area contributed by atoms with Crippen molar-refractivity contribution in [1.82, 2.24) is 0 Å². The lowest BCUT2D eigenvalue weighted by molar-refractivity contribution is 0.669. The van der Waals surface area contributed by atoms with E-state index in [2.05, 4.69) is 193 Å². The fourth-order valence-electron chi connectivity index (χ4n) is 8.20. The van der Waals surface area contributed by atoms with E-state index in [1.807, 2.05) is 12.1 Å². The SMILES string of the molecule is c1ccc(-c2ccc(N(c3ccc(-c4ccc5c(c4)oc4ccccc45)cc3)c3cccc(-c4cccc5oc6c7ccccc7ccc6c45)c3)cc2)cc1. The molecule has 11 rings (SSSR count). The molecule has 0 atom stereocenters. The molecule has 3 nitrogen and oxygen atoms in total. The van der Waals surface area contributed by atoms with Crippen LogP contribution in [0.5, 0.6) is 0 Å². The van der Waals surface area contributed by atoms with Gasteiger partial charge in [-0.1, -0.05) is 133 Å². The highest BCUT2D eigenvalue weighted by atomic mass is 16.3. The van der Waals surface area contributed by atoms with Crippen LogP contribution in [-0.2, 0) is 0 Å². The zero-order valence-electron chi connectivity index (χ0n) is 29.8. The second kappa shape index (κ2) is 12.6. The summed E-state index contributed by atoms with van der Waals surface area (Å²) >= 11 is 0. The summed E-state index contributed by atoms with van der Waals surface area (Å²) in [4.78, 5) is 2.34. The van der Waals surface area contributed by atoms with Crippen LogP contribution in [0.3, 0.4) is 0 Å². The summed E-state index contributed by atoms with van der Waals surface area (Å²) in [6, 6.07) is 71.0. The van der Waals surface area contributed by atoms with Crippen molar-refractivity contribution < 1.29 is 8.83 Å². The zero-order chi connectivity index (χ0) is 36.3. The van der Waals surface area contributed by atoms with Gasteiger partial charge in [0, 0.05) is 44.0 Å². The van der Waals surface area contributed by atoms with Crippen LogP contribution in [0.25, 0.3) is 88.0 Å². The zero-order valence-corrected chi connectivity index (χ0v) is 29.8. The number of para-hydroxylation sites is 1. The average molecular weight is 704 g/mol. The third kappa shape index (κ3) is 5.28. The van der Waals surface area contributed by atoms with Gasteiger partial charge in [0.15, 0.2) is 0 Å². The van der Waals surface area contributed by atoms with Crippen molar-refractivity contribution in [1.29, 1.82) is 0 Å². The smallest absolute Gasteiger partial charge is 0.143 e. The minimum Gasteiger partial charge on any atom is -0.456 e. The molecule has 0 N–H and O–H groups in total. The number of furan rings is 2. The standard InChI is InChI=1S/C52H33NO2/c1-2-10-34(11-3-1)35-20-26-40(27-21-35)53(41-28-22-36(23-29-41)38-25-30-46-45-16-6-7-18-48(45)54-50(46)33-38)42-14-8-13-39(32-42)43-17-9-19-49-51(43)47-31-24-37-12-4-5-15-44(37)52(47)55-49/h1-33H. The summed E-state index contributed by atoms with van der Waals surface area (Å²) in [5.74, 6) is 0. The van der Waals surface area contributed by atoms with Crippen molar-refractivity contribution in [3.63, 3.8) is 0 Å². The molecule has 2 aromatic heterocycles. The summed E-state index contributed by atoms with van der Waals surface area (Å²) in [6.45, 7) is 0. The van der Waals surface area contributed by atoms with Crippen LogP contribution in [0.1, 0.15) is 0 Å². The van der Waals surface area contributed by atoms with E-state index in [9.17, 15) is 0 Å². The molecule has 0 saturated heterocycles. The topological polar surface area (TPSA) is 29.5 Å². The number of hydrogen-bond donors (Lipinski definition) is 0. The molecule has 0 saturated carbocycles. The minimum atomic E-state index is 0.888. The van der Waals surface area contributed by atoms with Gasteiger partial charge in [0.05, 0.1) is 0 Å². The first kappa shape index (κ1) is 31.2. The molecule has 258 valence electrons. The highest BCUT2D eigenvalue weighted by Gasteiger charge is 2.18. The van der Waals surface area contributed by atoms with Gasteiger partial charge in [-0.3, -0.25) is 0 Å². The third-order valence-corrected chi connectivity index (χ3v) is 10.9. The number of benzene rings is 9. The Kier molecular flexibility index (Phi) is 7.17. The molecule has 0 radical (unpaired) electrons. The van der Waals surface area contributed by atoms with E-state index in [4.69, 9.17) is 8.83 Å². The largest absolute Gasteiger partial charge is 0.456 e. The van der Waals surface area contributed by atoms with Crippen LogP contribution >= 0.6 is 0 Å². The maximum Gasteiger partial charge on any atom is 0.143 e. The Morgan fingerprint density at radius 2 is 0.909 bits per heavy atom. The van der Waals surface area contributed by atoms with Crippen LogP contribution in [0.4, 0.5) is 17.1 Å². The summed E-state index contributed by atoms with van der Waals surface area (Å²) in [5.41, 5.74) is 13.7. The van der Waals surface area contributed by atoms with Gasteiger partial charge in [-0.15, -0.1) is 0 Å². The van der Waals surface area contributed by atoms with Crippen LogP contribution in [-0.4, -0.2) is 0 Å². The molecule has 3 heteroatoms. The van der Waals surface area contributed by atoms with Gasteiger partial charge in [0.2, 0.25) is 0 Å². The normalized spacial score (nSPS) is 11.6. The maximum absolute atomic E-state index is 6.56. The van der Waals surface area contributed by atoms with Crippen molar-refractivity contribution in [3.8, 4) is 33.4 Å². The monoisotopic (exact) mass is 703 g/mol. The Hall–Kier alpha value is -7.36. The molecule has 0 spiro atoms. The first-order valence-electron chi connectivity index (χ1n) is 18.7. The molecular weight excluding hydrogens is 671 g/mol. The van der Waals surface area contributed by atoms with Crippen LogP contribution in [0.2, 0.25) is 0 Å². The lowest BCUT2D eigenvalue weighted by atomic mass is 9.97. The molecule has 0 fully saturated rings. The van der Waals surface area contributed by atoms with Gasteiger partial charge in [-0.25, -0.2) is 0 Å². The molecule has 11 aromatic rings. The molecule has 55 heavy (non-hydrogen) atoms. The minimum absolute atomic E-state index is 0.888. The van der Waals surface area contributed by atoms with E-state index in [0.29, 0.717) is 0 Å². The van der Waals surface area contributed by atoms with Gasteiger partial charge in [0.25, 0.3) is 0 Å². The number of rotatable bonds is 6.